The molecular formula is C22H28ClN3O5S. The molecule has 0 saturated heterocycles. The molecule has 2 rings (SSSR count). The minimum Gasteiger partial charge on any atom is -0.495 e. The van der Waals surface area contributed by atoms with Crippen LogP contribution in [0.15, 0.2) is 48.5 Å². The summed E-state index contributed by atoms with van der Waals surface area (Å²) >= 11 is 6.27. The van der Waals surface area contributed by atoms with Crippen molar-refractivity contribution in [2.45, 2.75) is 26.4 Å². The highest BCUT2D eigenvalue weighted by atomic mass is 35.5. The average Bonchev–Trinajstić information content (AvgIpc) is 2.75. The predicted octanol–water partition coefficient (Wildman–Crippen LogP) is 2.67. The van der Waals surface area contributed by atoms with Crippen LogP contribution >= 0.6 is 11.6 Å². The van der Waals surface area contributed by atoms with Crippen LogP contribution in [0.5, 0.6) is 5.75 Å². The van der Waals surface area contributed by atoms with Crippen molar-refractivity contribution >= 4 is 39.1 Å². The highest BCUT2D eigenvalue weighted by molar-refractivity contribution is 7.92. The fraction of sp³-hybridized carbons (Fsp3) is 0.364. The van der Waals surface area contributed by atoms with E-state index in [0.29, 0.717) is 22.9 Å². The van der Waals surface area contributed by atoms with Crippen molar-refractivity contribution in [1.29, 1.82) is 0 Å². The van der Waals surface area contributed by atoms with Gasteiger partial charge in [-0.05, 0) is 37.6 Å². The van der Waals surface area contributed by atoms with Gasteiger partial charge in [0.05, 0.1) is 19.1 Å². The number of methoxy groups -OCH3 is 1. The molecule has 2 aromatic rings. The maximum Gasteiger partial charge on any atom is 0.244 e. The largest absolute Gasteiger partial charge is 0.495 e. The Morgan fingerprint density at radius 1 is 1.12 bits per heavy atom. The van der Waals surface area contributed by atoms with E-state index in [4.69, 9.17) is 16.3 Å². The van der Waals surface area contributed by atoms with Crippen LogP contribution in [0.2, 0.25) is 5.02 Å². The molecule has 0 bridgehead atoms. The van der Waals surface area contributed by atoms with Crippen LogP contribution in [0, 0.1) is 0 Å². The van der Waals surface area contributed by atoms with Gasteiger partial charge in [-0.3, -0.25) is 13.9 Å². The molecule has 0 fully saturated rings. The lowest BCUT2D eigenvalue weighted by molar-refractivity contribution is -0.139. The van der Waals surface area contributed by atoms with Crippen molar-refractivity contribution in [3.8, 4) is 5.75 Å². The third-order valence-electron chi connectivity index (χ3n) is 4.85. The van der Waals surface area contributed by atoms with E-state index in [1.807, 2.05) is 0 Å². The summed E-state index contributed by atoms with van der Waals surface area (Å²) in [4.78, 5) is 27.2. The van der Waals surface area contributed by atoms with E-state index in [2.05, 4.69) is 5.32 Å². The smallest absolute Gasteiger partial charge is 0.244 e. The Labute approximate surface area is 194 Å². The zero-order valence-electron chi connectivity index (χ0n) is 18.5. The van der Waals surface area contributed by atoms with Crippen molar-refractivity contribution in [3.05, 3.63) is 59.1 Å². The number of halogens is 1. The van der Waals surface area contributed by atoms with Crippen LogP contribution < -0.4 is 14.4 Å². The SMILES string of the molecule is CCNC(=O)[C@H](C)N(Cc1ccccc1Cl)C(=O)CN(c1ccccc1OC)S(C)(=O)=O. The normalized spacial score (nSPS) is 12.0. The number of carbonyl (C=O) groups excluding carboxylic acids is 2. The summed E-state index contributed by atoms with van der Waals surface area (Å²) in [5, 5.41) is 3.14. The van der Waals surface area contributed by atoms with Gasteiger partial charge < -0.3 is 15.0 Å². The molecule has 0 aliphatic rings. The molecule has 2 amide bonds. The summed E-state index contributed by atoms with van der Waals surface area (Å²) in [5.41, 5.74) is 0.871. The second-order valence-electron chi connectivity index (χ2n) is 7.13. The number of rotatable bonds is 10. The molecular weight excluding hydrogens is 454 g/mol. The minimum absolute atomic E-state index is 0.0420. The number of nitrogens with zero attached hydrogens (tertiary/aromatic N) is 2. The third-order valence-corrected chi connectivity index (χ3v) is 6.35. The highest BCUT2D eigenvalue weighted by Gasteiger charge is 2.31. The van der Waals surface area contributed by atoms with Crippen LogP contribution in [0.3, 0.4) is 0 Å². The molecule has 32 heavy (non-hydrogen) atoms. The molecule has 1 N–H and O–H groups in total. The van der Waals surface area contributed by atoms with Gasteiger partial charge in [-0.1, -0.05) is 41.9 Å². The molecule has 1 atom stereocenters. The number of para-hydroxylation sites is 2. The van der Waals surface area contributed by atoms with Crippen molar-refractivity contribution in [1.82, 2.24) is 10.2 Å². The lowest BCUT2D eigenvalue weighted by atomic mass is 10.1. The van der Waals surface area contributed by atoms with Gasteiger partial charge in [-0.15, -0.1) is 0 Å². The van der Waals surface area contributed by atoms with Crippen LogP contribution in [0.1, 0.15) is 19.4 Å². The molecule has 0 radical (unpaired) electrons. The molecule has 0 aliphatic heterocycles. The molecule has 174 valence electrons. The zero-order chi connectivity index (χ0) is 23.9. The number of anilines is 1. The number of hydrogen-bond donors (Lipinski definition) is 1. The van der Waals surface area contributed by atoms with Gasteiger partial charge in [0.15, 0.2) is 0 Å². The van der Waals surface area contributed by atoms with E-state index in [-0.39, 0.29) is 18.1 Å². The molecule has 0 spiro atoms. The molecule has 0 heterocycles. The number of amides is 2. The van der Waals surface area contributed by atoms with E-state index < -0.39 is 28.5 Å². The maximum atomic E-state index is 13.4. The summed E-state index contributed by atoms with van der Waals surface area (Å²) in [7, 11) is -2.42. The predicted molar refractivity (Wildman–Crippen MR) is 125 cm³/mol. The van der Waals surface area contributed by atoms with Crippen LogP contribution in [-0.4, -0.2) is 57.6 Å². The zero-order valence-corrected chi connectivity index (χ0v) is 20.1. The van der Waals surface area contributed by atoms with Crippen molar-refractivity contribution in [3.63, 3.8) is 0 Å². The number of hydrogen-bond acceptors (Lipinski definition) is 5. The lowest BCUT2D eigenvalue weighted by Gasteiger charge is -2.32. The number of sulfonamides is 1. The number of benzene rings is 2. The number of likely N-dealkylation sites (N-methyl/N-ethyl adjacent to an activating group) is 1. The Balaban J connectivity index is 2.44. The first kappa shape index (κ1) is 25.5. The Morgan fingerprint density at radius 3 is 2.34 bits per heavy atom. The Bertz CT molecular complexity index is 1060. The second kappa shape index (κ2) is 11.2. The highest BCUT2D eigenvalue weighted by Crippen LogP contribution is 2.29. The Morgan fingerprint density at radius 2 is 1.75 bits per heavy atom. The first-order chi connectivity index (χ1) is 15.1. The van der Waals surface area contributed by atoms with Crippen molar-refractivity contribution < 1.29 is 22.7 Å². The minimum atomic E-state index is -3.84. The maximum absolute atomic E-state index is 13.4. The first-order valence-corrected chi connectivity index (χ1v) is 12.2. The van der Waals surface area contributed by atoms with Crippen molar-refractivity contribution in [2.75, 3.05) is 30.8 Å². The van der Waals surface area contributed by atoms with E-state index >= 15 is 0 Å². The summed E-state index contributed by atoms with van der Waals surface area (Å²) in [6, 6.07) is 12.6. The molecule has 8 nitrogen and oxygen atoms in total. The average molecular weight is 482 g/mol. The number of nitrogens with one attached hydrogen (secondary N) is 1. The van der Waals surface area contributed by atoms with Gasteiger partial charge >= 0.3 is 0 Å². The Hall–Kier alpha value is -2.78. The van der Waals surface area contributed by atoms with E-state index in [0.717, 1.165) is 10.6 Å². The molecule has 0 saturated carbocycles. The standard InChI is InChI=1S/C22H28ClN3O5S/c1-5-24-22(28)16(2)25(14-17-10-6-7-11-18(17)23)21(27)15-26(32(4,29)30)19-12-8-9-13-20(19)31-3/h6-13,16H,5,14-15H2,1-4H3,(H,24,28)/t16-/m0/s1. The van der Waals surface area contributed by atoms with Gasteiger partial charge in [-0.2, -0.15) is 0 Å². The monoisotopic (exact) mass is 481 g/mol. The van der Waals surface area contributed by atoms with E-state index in [9.17, 15) is 18.0 Å². The summed E-state index contributed by atoms with van der Waals surface area (Å²) in [6.07, 6.45) is 1.01. The number of ether oxygens (including phenoxy) is 1. The summed E-state index contributed by atoms with van der Waals surface area (Å²) in [6.45, 7) is 3.30. The number of carbonyl (C=O) groups is 2. The van der Waals surface area contributed by atoms with E-state index in [1.165, 1.54) is 12.0 Å². The third kappa shape index (κ3) is 6.37. The van der Waals surface area contributed by atoms with Crippen LogP contribution in [-0.2, 0) is 26.2 Å². The topological polar surface area (TPSA) is 96.0 Å². The van der Waals surface area contributed by atoms with Gasteiger partial charge in [0.25, 0.3) is 0 Å². The molecule has 0 aromatic heterocycles. The molecule has 2 aromatic carbocycles. The second-order valence-corrected chi connectivity index (χ2v) is 9.44. The molecule has 0 unspecified atom stereocenters. The van der Waals surface area contributed by atoms with Gasteiger partial charge in [0.1, 0.15) is 18.3 Å². The fourth-order valence-corrected chi connectivity index (χ4v) is 4.19. The quantitative estimate of drug-likeness (QED) is 0.562. The van der Waals surface area contributed by atoms with Crippen molar-refractivity contribution in [2.24, 2.45) is 0 Å². The summed E-state index contributed by atoms with van der Waals surface area (Å²) in [5.74, 6) is -0.601. The van der Waals surface area contributed by atoms with E-state index in [1.54, 1.807) is 62.4 Å². The molecule has 10 heteroatoms. The lowest BCUT2D eigenvalue weighted by Crippen LogP contribution is -2.51. The Kier molecular flexibility index (Phi) is 8.91. The first-order valence-electron chi connectivity index (χ1n) is 10.0. The van der Waals surface area contributed by atoms with Gasteiger partial charge in [0, 0.05) is 18.1 Å². The molecule has 0 aliphatic carbocycles. The van der Waals surface area contributed by atoms with Gasteiger partial charge in [-0.25, -0.2) is 8.42 Å². The van der Waals surface area contributed by atoms with Crippen LogP contribution in [0.4, 0.5) is 5.69 Å². The van der Waals surface area contributed by atoms with Crippen LogP contribution in [0.25, 0.3) is 0 Å². The summed E-state index contributed by atoms with van der Waals surface area (Å²) < 4.78 is 31.4. The fourth-order valence-electron chi connectivity index (χ4n) is 3.15. The van der Waals surface area contributed by atoms with Gasteiger partial charge in [0.2, 0.25) is 21.8 Å².